The monoisotopic (exact) mass is 280 g/mol. The van der Waals surface area contributed by atoms with E-state index in [-0.39, 0.29) is 18.1 Å². The van der Waals surface area contributed by atoms with Gasteiger partial charge in [0.25, 0.3) is 5.91 Å². The van der Waals surface area contributed by atoms with Gasteiger partial charge in [0.05, 0.1) is 0 Å². The standard InChI is InChI=1S/C14H20N2O2S/c1-9-5-6-10(13(15)19)7-11(9)18-8-12(17)16-14(2,3)4/h5-7H,8H2,1-4H3,(H2,15,19)(H,16,17). The number of hydrogen-bond donors (Lipinski definition) is 2. The van der Waals surface area contributed by atoms with Crippen LogP contribution in [-0.2, 0) is 4.79 Å². The van der Waals surface area contributed by atoms with Gasteiger partial charge in [-0.1, -0.05) is 24.4 Å². The van der Waals surface area contributed by atoms with E-state index in [1.54, 1.807) is 6.07 Å². The van der Waals surface area contributed by atoms with Crippen molar-refractivity contribution in [3.8, 4) is 5.75 Å². The third kappa shape index (κ3) is 5.26. The number of benzene rings is 1. The van der Waals surface area contributed by atoms with Gasteiger partial charge >= 0.3 is 0 Å². The molecule has 0 saturated heterocycles. The van der Waals surface area contributed by atoms with Crippen molar-refractivity contribution in [2.24, 2.45) is 5.73 Å². The molecule has 0 radical (unpaired) electrons. The van der Waals surface area contributed by atoms with Crippen LogP contribution in [0.4, 0.5) is 0 Å². The minimum absolute atomic E-state index is 0.0289. The first-order valence-electron chi connectivity index (χ1n) is 6.03. The molecule has 0 spiro atoms. The molecule has 0 atom stereocenters. The summed E-state index contributed by atoms with van der Waals surface area (Å²) in [4.78, 5) is 12.0. The molecule has 0 fully saturated rings. The van der Waals surface area contributed by atoms with Gasteiger partial charge in [0.2, 0.25) is 0 Å². The van der Waals surface area contributed by atoms with Crippen LogP contribution in [-0.4, -0.2) is 23.0 Å². The molecule has 0 aliphatic heterocycles. The highest BCUT2D eigenvalue weighted by Gasteiger charge is 2.14. The topological polar surface area (TPSA) is 64.3 Å². The van der Waals surface area contributed by atoms with E-state index in [0.717, 1.165) is 11.1 Å². The van der Waals surface area contributed by atoms with Crippen LogP contribution in [0.1, 0.15) is 31.9 Å². The lowest BCUT2D eigenvalue weighted by Gasteiger charge is -2.20. The molecule has 1 amide bonds. The smallest absolute Gasteiger partial charge is 0.258 e. The zero-order chi connectivity index (χ0) is 14.6. The van der Waals surface area contributed by atoms with Gasteiger partial charge in [0.1, 0.15) is 10.7 Å². The maximum absolute atomic E-state index is 11.7. The van der Waals surface area contributed by atoms with Gasteiger partial charge in [-0.25, -0.2) is 0 Å². The summed E-state index contributed by atoms with van der Waals surface area (Å²) >= 11 is 4.92. The summed E-state index contributed by atoms with van der Waals surface area (Å²) in [6.07, 6.45) is 0. The van der Waals surface area contributed by atoms with Gasteiger partial charge in [0.15, 0.2) is 6.61 Å². The third-order valence-corrected chi connectivity index (χ3v) is 2.58. The van der Waals surface area contributed by atoms with Crippen LogP contribution < -0.4 is 15.8 Å². The van der Waals surface area contributed by atoms with Gasteiger partial charge in [-0.3, -0.25) is 4.79 Å². The lowest BCUT2D eigenvalue weighted by molar-refractivity contribution is -0.124. The second kappa shape index (κ2) is 6.02. The number of carbonyl (C=O) groups is 1. The van der Waals surface area contributed by atoms with Crippen molar-refractivity contribution in [2.75, 3.05) is 6.61 Å². The van der Waals surface area contributed by atoms with E-state index in [0.29, 0.717) is 10.7 Å². The first-order chi connectivity index (χ1) is 8.69. The van der Waals surface area contributed by atoms with Crippen LogP contribution in [0.3, 0.4) is 0 Å². The number of amides is 1. The Morgan fingerprint density at radius 3 is 2.58 bits per heavy atom. The molecule has 1 rings (SSSR count). The van der Waals surface area contributed by atoms with E-state index in [9.17, 15) is 4.79 Å². The number of aryl methyl sites for hydroxylation is 1. The summed E-state index contributed by atoms with van der Waals surface area (Å²) in [7, 11) is 0. The lowest BCUT2D eigenvalue weighted by Crippen LogP contribution is -2.43. The maximum Gasteiger partial charge on any atom is 0.258 e. The molecule has 1 aromatic rings. The quantitative estimate of drug-likeness (QED) is 0.827. The minimum atomic E-state index is -0.268. The lowest BCUT2D eigenvalue weighted by atomic mass is 10.1. The highest BCUT2D eigenvalue weighted by Crippen LogP contribution is 2.19. The number of thiocarbonyl (C=S) groups is 1. The molecule has 0 aliphatic carbocycles. The molecule has 0 unspecified atom stereocenters. The van der Waals surface area contributed by atoms with Crippen LogP contribution >= 0.6 is 12.2 Å². The third-order valence-electron chi connectivity index (χ3n) is 2.35. The summed E-state index contributed by atoms with van der Waals surface area (Å²) < 4.78 is 5.51. The second-order valence-electron chi connectivity index (χ2n) is 5.43. The van der Waals surface area contributed by atoms with Gasteiger partial charge < -0.3 is 15.8 Å². The summed E-state index contributed by atoms with van der Waals surface area (Å²) in [5.74, 6) is 0.460. The molecule has 0 heterocycles. The van der Waals surface area contributed by atoms with Crippen LogP contribution in [0.5, 0.6) is 5.75 Å². The van der Waals surface area contributed by atoms with Crippen molar-refractivity contribution in [3.63, 3.8) is 0 Å². The number of nitrogens with two attached hydrogens (primary N) is 1. The fourth-order valence-corrected chi connectivity index (χ4v) is 1.63. The predicted molar refractivity (Wildman–Crippen MR) is 80.5 cm³/mol. The number of carbonyl (C=O) groups excluding carboxylic acids is 1. The molecule has 0 aliphatic rings. The molecule has 3 N–H and O–H groups in total. The largest absolute Gasteiger partial charge is 0.483 e. The molecule has 5 heteroatoms. The minimum Gasteiger partial charge on any atom is -0.483 e. The molecular formula is C14H20N2O2S. The average Bonchev–Trinajstić information content (AvgIpc) is 2.25. The van der Waals surface area contributed by atoms with Gasteiger partial charge in [-0.05, 0) is 39.3 Å². The van der Waals surface area contributed by atoms with Crippen LogP contribution in [0.25, 0.3) is 0 Å². The molecule has 4 nitrogen and oxygen atoms in total. The highest BCUT2D eigenvalue weighted by atomic mass is 32.1. The molecule has 19 heavy (non-hydrogen) atoms. The molecule has 0 bridgehead atoms. The zero-order valence-corrected chi connectivity index (χ0v) is 12.6. The van der Waals surface area contributed by atoms with Gasteiger partial charge in [-0.2, -0.15) is 0 Å². The summed E-state index contributed by atoms with van der Waals surface area (Å²) in [5, 5.41) is 2.83. The molecule has 1 aromatic carbocycles. The van der Waals surface area contributed by atoms with Crippen LogP contribution in [0.2, 0.25) is 0 Å². The van der Waals surface area contributed by atoms with E-state index in [1.807, 2.05) is 39.8 Å². The first kappa shape index (κ1) is 15.4. The fraction of sp³-hybridized carbons (Fsp3) is 0.429. The summed E-state index contributed by atoms with van der Waals surface area (Å²) in [6.45, 7) is 7.64. The van der Waals surface area contributed by atoms with Crippen molar-refractivity contribution in [1.29, 1.82) is 0 Å². The normalized spacial score (nSPS) is 10.9. The number of ether oxygens (including phenoxy) is 1. The Kier molecular flexibility index (Phi) is 4.89. The van der Waals surface area contributed by atoms with Crippen LogP contribution in [0.15, 0.2) is 18.2 Å². The molecule has 104 valence electrons. The Morgan fingerprint density at radius 1 is 1.42 bits per heavy atom. The second-order valence-corrected chi connectivity index (χ2v) is 5.87. The van der Waals surface area contributed by atoms with Crippen molar-refractivity contribution in [1.82, 2.24) is 5.32 Å². The number of nitrogens with one attached hydrogen (secondary N) is 1. The van der Waals surface area contributed by atoms with Crippen molar-refractivity contribution in [2.45, 2.75) is 33.2 Å². The van der Waals surface area contributed by atoms with E-state index < -0.39 is 0 Å². The predicted octanol–water partition coefficient (Wildman–Crippen LogP) is 1.92. The summed E-state index contributed by atoms with van der Waals surface area (Å²) in [5.41, 5.74) is 6.96. The number of hydrogen-bond acceptors (Lipinski definition) is 3. The Bertz CT molecular complexity index is 493. The molecule has 0 saturated carbocycles. The van der Waals surface area contributed by atoms with Crippen molar-refractivity contribution in [3.05, 3.63) is 29.3 Å². The van der Waals surface area contributed by atoms with E-state index in [4.69, 9.17) is 22.7 Å². The Morgan fingerprint density at radius 2 is 2.05 bits per heavy atom. The van der Waals surface area contributed by atoms with E-state index >= 15 is 0 Å². The average molecular weight is 280 g/mol. The van der Waals surface area contributed by atoms with E-state index in [2.05, 4.69) is 5.32 Å². The fourth-order valence-electron chi connectivity index (χ4n) is 1.51. The molecule has 0 aromatic heterocycles. The van der Waals surface area contributed by atoms with Crippen molar-refractivity contribution >= 4 is 23.1 Å². The maximum atomic E-state index is 11.7. The van der Waals surface area contributed by atoms with E-state index in [1.165, 1.54) is 0 Å². The first-order valence-corrected chi connectivity index (χ1v) is 6.44. The van der Waals surface area contributed by atoms with Gasteiger partial charge in [-0.15, -0.1) is 0 Å². The van der Waals surface area contributed by atoms with Crippen LogP contribution in [0, 0.1) is 6.92 Å². The Hall–Kier alpha value is -1.62. The highest BCUT2D eigenvalue weighted by molar-refractivity contribution is 7.80. The Balaban J connectivity index is 2.70. The number of rotatable bonds is 4. The van der Waals surface area contributed by atoms with Crippen molar-refractivity contribution < 1.29 is 9.53 Å². The summed E-state index contributed by atoms with van der Waals surface area (Å²) in [6, 6.07) is 5.45. The Labute approximate surface area is 119 Å². The van der Waals surface area contributed by atoms with Gasteiger partial charge in [0, 0.05) is 11.1 Å². The molecular weight excluding hydrogens is 260 g/mol. The SMILES string of the molecule is Cc1ccc(C(N)=S)cc1OCC(=O)NC(C)(C)C. The zero-order valence-electron chi connectivity index (χ0n) is 11.7.